The van der Waals surface area contributed by atoms with Crippen LogP contribution in [-0.4, -0.2) is 33.7 Å². The highest BCUT2D eigenvalue weighted by Crippen LogP contribution is 2.42. The van der Waals surface area contributed by atoms with E-state index in [1.54, 1.807) is 4.68 Å². The molecule has 2 aromatic rings. The lowest BCUT2D eigenvalue weighted by Crippen LogP contribution is -2.45. The minimum atomic E-state index is 0.147. The van der Waals surface area contributed by atoms with E-state index in [0.717, 1.165) is 50.3 Å². The van der Waals surface area contributed by atoms with Crippen LogP contribution in [0.25, 0.3) is 0 Å². The average Bonchev–Trinajstić information content (AvgIpc) is 3.03. The van der Waals surface area contributed by atoms with Crippen LogP contribution in [0.2, 0.25) is 0 Å². The molecule has 1 aromatic heterocycles. The van der Waals surface area contributed by atoms with Crippen molar-refractivity contribution in [1.29, 1.82) is 0 Å². The zero-order valence-electron chi connectivity index (χ0n) is 15.2. The number of aromatic nitrogens is 2. The number of nitrogens with zero attached hydrogens (tertiary/aromatic N) is 3. The Morgan fingerprint density at radius 2 is 1.84 bits per heavy atom. The molecule has 1 spiro atoms. The van der Waals surface area contributed by atoms with Gasteiger partial charge in [0.15, 0.2) is 0 Å². The second kappa shape index (κ2) is 6.41. The number of rotatable bonds is 3. The second-order valence-corrected chi connectivity index (χ2v) is 8.14. The van der Waals surface area contributed by atoms with Gasteiger partial charge in [-0.25, -0.2) is 4.68 Å². The number of likely N-dealkylation sites (tertiary alicyclic amines) is 1. The molecule has 0 radical (unpaired) electrons. The molecule has 0 unspecified atom stereocenters. The van der Waals surface area contributed by atoms with E-state index < -0.39 is 0 Å². The van der Waals surface area contributed by atoms with Crippen LogP contribution in [0.4, 0.5) is 0 Å². The van der Waals surface area contributed by atoms with Gasteiger partial charge in [0.1, 0.15) is 0 Å². The standard InChI is InChI=1S/C21H27N3O/c1-16(2)19-12-18-13-21(14-20(25)24(18)22-19)8-10-23(11-9-21)15-17-6-4-3-5-7-17/h3-7,12,16H,8-11,13-15H2,1-2H3. The van der Waals surface area contributed by atoms with Crippen LogP contribution in [0, 0.1) is 5.41 Å². The van der Waals surface area contributed by atoms with Crippen LogP contribution in [-0.2, 0) is 13.0 Å². The second-order valence-electron chi connectivity index (χ2n) is 8.14. The van der Waals surface area contributed by atoms with Crippen molar-refractivity contribution in [2.24, 2.45) is 5.41 Å². The van der Waals surface area contributed by atoms with Crippen molar-refractivity contribution in [3.8, 4) is 0 Å². The monoisotopic (exact) mass is 337 g/mol. The van der Waals surface area contributed by atoms with Gasteiger partial charge < -0.3 is 0 Å². The summed E-state index contributed by atoms with van der Waals surface area (Å²) >= 11 is 0. The Morgan fingerprint density at radius 1 is 1.12 bits per heavy atom. The molecular formula is C21H27N3O. The first-order valence-electron chi connectivity index (χ1n) is 9.43. The molecule has 1 fully saturated rings. The smallest absolute Gasteiger partial charge is 0.247 e. The maximum atomic E-state index is 12.7. The fourth-order valence-corrected chi connectivity index (χ4v) is 4.29. The van der Waals surface area contributed by atoms with E-state index in [1.165, 1.54) is 5.56 Å². The summed E-state index contributed by atoms with van der Waals surface area (Å²) in [6.07, 6.45) is 3.86. The topological polar surface area (TPSA) is 38.1 Å². The van der Waals surface area contributed by atoms with Crippen LogP contribution in [0.5, 0.6) is 0 Å². The fraction of sp³-hybridized carbons (Fsp3) is 0.524. The normalized spacial score (nSPS) is 20.2. The first-order chi connectivity index (χ1) is 12.0. The number of carbonyl (C=O) groups is 1. The van der Waals surface area contributed by atoms with Crippen molar-refractivity contribution in [3.05, 3.63) is 53.3 Å². The third-order valence-electron chi connectivity index (χ3n) is 5.88. The molecule has 4 nitrogen and oxygen atoms in total. The SMILES string of the molecule is CC(C)c1cc2n(n1)C(=O)CC1(CCN(Cc3ccccc3)CC1)C2. The molecule has 1 aromatic carbocycles. The Labute approximate surface area is 149 Å². The van der Waals surface area contributed by atoms with Gasteiger partial charge in [0.2, 0.25) is 5.91 Å². The minimum Gasteiger partial charge on any atom is -0.299 e. The lowest BCUT2D eigenvalue weighted by atomic mass is 9.70. The molecule has 3 heterocycles. The molecule has 4 heteroatoms. The van der Waals surface area contributed by atoms with Gasteiger partial charge in [-0.05, 0) is 55.3 Å². The van der Waals surface area contributed by atoms with E-state index in [9.17, 15) is 4.79 Å². The molecule has 0 aliphatic carbocycles. The number of hydrogen-bond acceptors (Lipinski definition) is 3. The predicted molar refractivity (Wildman–Crippen MR) is 98.6 cm³/mol. The highest BCUT2D eigenvalue weighted by molar-refractivity contribution is 5.80. The largest absolute Gasteiger partial charge is 0.299 e. The Bertz CT molecular complexity index is 755. The van der Waals surface area contributed by atoms with Crippen molar-refractivity contribution >= 4 is 5.91 Å². The molecule has 0 N–H and O–H groups in total. The van der Waals surface area contributed by atoms with Crippen molar-refractivity contribution in [3.63, 3.8) is 0 Å². The lowest BCUT2D eigenvalue weighted by Gasteiger charge is -2.43. The Hall–Kier alpha value is -1.94. The van der Waals surface area contributed by atoms with Crippen LogP contribution < -0.4 is 0 Å². The molecule has 1 saturated heterocycles. The van der Waals surface area contributed by atoms with E-state index in [4.69, 9.17) is 0 Å². The molecule has 25 heavy (non-hydrogen) atoms. The van der Waals surface area contributed by atoms with Gasteiger partial charge in [-0.3, -0.25) is 9.69 Å². The van der Waals surface area contributed by atoms with E-state index in [-0.39, 0.29) is 11.3 Å². The van der Waals surface area contributed by atoms with Crippen molar-refractivity contribution in [2.45, 2.75) is 52.0 Å². The van der Waals surface area contributed by atoms with Crippen molar-refractivity contribution in [1.82, 2.24) is 14.7 Å². The van der Waals surface area contributed by atoms with Crippen LogP contribution >= 0.6 is 0 Å². The van der Waals surface area contributed by atoms with E-state index in [2.05, 4.69) is 60.2 Å². The average molecular weight is 337 g/mol. The molecule has 2 aliphatic heterocycles. The summed E-state index contributed by atoms with van der Waals surface area (Å²) in [4.78, 5) is 15.2. The number of benzene rings is 1. The third kappa shape index (κ3) is 3.28. The van der Waals surface area contributed by atoms with Crippen LogP contribution in [0.15, 0.2) is 36.4 Å². The molecule has 0 amide bonds. The minimum absolute atomic E-state index is 0.147. The molecule has 132 valence electrons. The van der Waals surface area contributed by atoms with Gasteiger partial charge in [0.25, 0.3) is 0 Å². The number of piperidine rings is 1. The summed E-state index contributed by atoms with van der Waals surface area (Å²) in [7, 11) is 0. The van der Waals surface area contributed by atoms with Gasteiger partial charge in [0.05, 0.1) is 5.69 Å². The van der Waals surface area contributed by atoms with E-state index in [0.29, 0.717) is 12.3 Å². The highest BCUT2D eigenvalue weighted by atomic mass is 16.2. The van der Waals surface area contributed by atoms with Gasteiger partial charge >= 0.3 is 0 Å². The summed E-state index contributed by atoms with van der Waals surface area (Å²) in [5.41, 5.74) is 3.69. The third-order valence-corrected chi connectivity index (χ3v) is 5.88. The molecule has 0 saturated carbocycles. The van der Waals surface area contributed by atoms with Gasteiger partial charge in [-0.1, -0.05) is 44.2 Å². The zero-order valence-corrected chi connectivity index (χ0v) is 15.2. The fourth-order valence-electron chi connectivity index (χ4n) is 4.29. The number of carbonyl (C=O) groups excluding carboxylic acids is 1. The van der Waals surface area contributed by atoms with Crippen molar-refractivity contribution < 1.29 is 4.79 Å². The zero-order chi connectivity index (χ0) is 17.4. The first-order valence-corrected chi connectivity index (χ1v) is 9.43. The van der Waals surface area contributed by atoms with Gasteiger partial charge in [0, 0.05) is 18.7 Å². The maximum absolute atomic E-state index is 12.7. The van der Waals surface area contributed by atoms with Gasteiger partial charge in [-0.15, -0.1) is 0 Å². The predicted octanol–water partition coefficient (Wildman–Crippen LogP) is 3.88. The highest BCUT2D eigenvalue weighted by Gasteiger charge is 2.41. The Balaban J connectivity index is 1.45. The van der Waals surface area contributed by atoms with E-state index >= 15 is 0 Å². The molecule has 0 bridgehead atoms. The molecule has 2 aliphatic rings. The maximum Gasteiger partial charge on any atom is 0.247 e. The Morgan fingerprint density at radius 3 is 2.52 bits per heavy atom. The lowest BCUT2D eigenvalue weighted by molar-refractivity contribution is 0.0537. The summed E-state index contributed by atoms with van der Waals surface area (Å²) in [5.74, 6) is 0.555. The van der Waals surface area contributed by atoms with Crippen molar-refractivity contribution in [2.75, 3.05) is 13.1 Å². The summed E-state index contributed by atoms with van der Waals surface area (Å²) < 4.78 is 1.68. The summed E-state index contributed by atoms with van der Waals surface area (Å²) in [6, 6.07) is 12.8. The number of hydrogen-bond donors (Lipinski definition) is 0. The summed E-state index contributed by atoms with van der Waals surface area (Å²) in [6.45, 7) is 7.44. The Kier molecular flexibility index (Phi) is 4.24. The van der Waals surface area contributed by atoms with Crippen LogP contribution in [0.1, 0.15) is 60.8 Å². The quantitative estimate of drug-likeness (QED) is 0.853. The first kappa shape index (κ1) is 16.5. The molecular weight excluding hydrogens is 310 g/mol. The van der Waals surface area contributed by atoms with Gasteiger partial charge in [-0.2, -0.15) is 5.10 Å². The molecule has 0 atom stereocenters. The summed E-state index contributed by atoms with van der Waals surface area (Å²) in [5, 5.41) is 4.54. The van der Waals surface area contributed by atoms with E-state index in [1.807, 2.05) is 0 Å². The number of fused-ring (bicyclic) bond motifs is 1. The molecule has 4 rings (SSSR count). The van der Waals surface area contributed by atoms with Crippen LogP contribution in [0.3, 0.4) is 0 Å².